The second kappa shape index (κ2) is 6.55. The van der Waals surface area contributed by atoms with Crippen molar-refractivity contribution < 1.29 is 9.32 Å². The van der Waals surface area contributed by atoms with Gasteiger partial charge in [-0.05, 0) is 50.3 Å². The molecule has 27 heavy (non-hydrogen) atoms. The Morgan fingerprint density at radius 1 is 1.26 bits per heavy atom. The summed E-state index contributed by atoms with van der Waals surface area (Å²) in [6, 6.07) is 6.21. The third kappa shape index (κ3) is 2.85. The highest BCUT2D eigenvalue weighted by molar-refractivity contribution is 6.02. The van der Waals surface area contributed by atoms with Crippen molar-refractivity contribution in [2.75, 3.05) is 6.54 Å². The zero-order valence-electron chi connectivity index (χ0n) is 16.7. The quantitative estimate of drug-likeness (QED) is 0.695. The maximum absolute atomic E-state index is 13.4. The summed E-state index contributed by atoms with van der Waals surface area (Å²) in [5.41, 5.74) is 6.01. The van der Waals surface area contributed by atoms with Gasteiger partial charge in [0.25, 0.3) is 5.91 Å². The molecule has 0 radical (unpaired) electrons. The third-order valence-corrected chi connectivity index (χ3v) is 5.81. The summed E-state index contributed by atoms with van der Waals surface area (Å²) in [5.74, 6) is 1.22. The Labute approximate surface area is 159 Å². The van der Waals surface area contributed by atoms with Crippen molar-refractivity contribution in [3.8, 4) is 0 Å². The topological polar surface area (TPSA) is 62.1 Å². The van der Waals surface area contributed by atoms with E-state index in [2.05, 4.69) is 50.0 Å². The molecule has 3 heterocycles. The average molecular weight is 365 g/mol. The van der Waals surface area contributed by atoms with Gasteiger partial charge >= 0.3 is 0 Å². The van der Waals surface area contributed by atoms with Crippen LogP contribution in [0.15, 0.2) is 22.7 Å². The number of aryl methyl sites for hydroxylation is 3. The third-order valence-electron chi connectivity index (χ3n) is 5.81. The van der Waals surface area contributed by atoms with Crippen molar-refractivity contribution >= 4 is 16.8 Å². The lowest BCUT2D eigenvalue weighted by Crippen LogP contribution is -2.31. The first-order valence-corrected chi connectivity index (χ1v) is 9.74. The molecule has 0 aliphatic carbocycles. The molecule has 1 fully saturated rings. The van der Waals surface area contributed by atoms with E-state index in [0.29, 0.717) is 11.6 Å². The van der Waals surface area contributed by atoms with Gasteiger partial charge in [-0.15, -0.1) is 0 Å². The average Bonchev–Trinajstić information content (AvgIpc) is 3.35. The Morgan fingerprint density at radius 2 is 2.00 bits per heavy atom. The van der Waals surface area contributed by atoms with Gasteiger partial charge in [-0.25, -0.2) is 0 Å². The zero-order chi connectivity index (χ0) is 19.3. The zero-order valence-corrected chi connectivity index (χ0v) is 16.7. The Bertz CT molecular complexity index is 1010. The van der Waals surface area contributed by atoms with E-state index in [1.807, 2.05) is 17.9 Å². The molecular formula is C22H27N3O2. The van der Waals surface area contributed by atoms with Crippen LogP contribution >= 0.6 is 0 Å². The number of likely N-dealkylation sites (tertiary alicyclic amines) is 1. The monoisotopic (exact) mass is 365 g/mol. The van der Waals surface area contributed by atoms with Crippen molar-refractivity contribution in [2.45, 2.75) is 59.4 Å². The number of fused-ring (bicyclic) bond motifs is 1. The fourth-order valence-corrected chi connectivity index (χ4v) is 4.21. The number of H-pyrrole nitrogens is 1. The fraction of sp³-hybridized carbons (Fsp3) is 0.455. The second-order valence-electron chi connectivity index (χ2n) is 8.04. The van der Waals surface area contributed by atoms with E-state index in [9.17, 15) is 4.79 Å². The van der Waals surface area contributed by atoms with Gasteiger partial charge in [0.15, 0.2) is 0 Å². The molecule has 1 aliphatic heterocycles. The largest absolute Gasteiger partial charge is 0.361 e. The predicted octanol–water partition coefficient (Wildman–Crippen LogP) is 5.18. The lowest BCUT2D eigenvalue weighted by molar-refractivity contribution is 0.0725. The summed E-state index contributed by atoms with van der Waals surface area (Å²) in [6.45, 7) is 11.1. The highest BCUT2D eigenvalue weighted by atomic mass is 16.5. The lowest BCUT2D eigenvalue weighted by atomic mass is 10.0. The number of aromatic amines is 1. The Hall–Kier alpha value is -2.56. The summed E-state index contributed by atoms with van der Waals surface area (Å²) in [7, 11) is 0. The molecule has 5 heteroatoms. The number of hydrogen-bond acceptors (Lipinski definition) is 3. The van der Waals surface area contributed by atoms with E-state index in [1.54, 1.807) is 0 Å². The highest BCUT2D eigenvalue weighted by Crippen LogP contribution is 2.35. The number of nitrogens with zero attached hydrogens (tertiary/aromatic N) is 2. The van der Waals surface area contributed by atoms with E-state index >= 15 is 0 Å². The van der Waals surface area contributed by atoms with Crippen LogP contribution in [0.1, 0.15) is 77.3 Å². The molecule has 2 aromatic heterocycles. The van der Waals surface area contributed by atoms with Crippen molar-refractivity contribution in [2.24, 2.45) is 0 Å². The maximum Gasteiger partial charge on any atom is 0.271 e. The van der Waals surface area contributed by atoms with Crippen molar-refractivity contribution in [1.29, 1.82) is 0 Å². The molecule has 1 aromatic carbocycles. The van der Waals surface area contributed by atoms with Crippen LogP contribution in [0.25, 0.3) is 10.9 Å². The Morgan fingerprint density at radius 3 is 2.67 bits per heavy atom. The smallest absolute Gasteiger partial charge is 0.271 e. The van der Waals surface area contributed by atoms with Crippen molar-refractivity contribution in [3.63, 3.8) is 0 Å². The molecule has 4 rings (SSSR count). The number of amides is 1. The van der Waals surface area contributed by atoms with E-state index in [-0.39, 0.29) is 11.9 Å². The van der Waals surface area contributed by atoms with Gasteiger partial charge in [-0.1, -0.05) is 31.1 Å². The van der Waals surface area contributed by atoms with Crippen LogP contribution in [-0.4, -0.2) is 27.5 Å². The predicted molar refractivity (Wildman–Crippen MR) is 106 cm³/mol. The SMILES string of the molecule is Cc1ccc(C)c2c(C)c(C(=O)N3CCC[C@H]3c3cc(C(C)C)on3)[nH]c12. The van der Waals surface area contributed by atoms with Gasteiger partial charge < -0.3 is 14.4 Å². The van der Waals surface area contributed by atoms with Crippen LogP contribution < -0.4 is 0 Å². The number of rotatable bonds is 3. The van der Waals surface area contributed by atoms with E-state index < -0.39 is 0 Å². The summed E-state index contributed by atoms with van der Waals surface area (Å²) >= 11 is 0. The molecule has 1 N–H and O–H groups in total. The summed E-state index contributed by atoms with van der Waals surface area (Å²) in [4.78, 5) is 18.8. The molecule has 5 nitrogen and oxygen atoms in total. The van der Waals surface area contributed by atoms with Crippen molar-refractivity contribution in [1.82, 2.24) is 15.0 Å². The first-order valence-electron chi connectivity index (χ1n) is 9.74. The number of hydrogen-bond donors (Lipinski definition) is 1. The molecule has 1 amide bonds. The molecule has 142 valence electrons. The van der Waals surface area contributed by atoms with E-state index in [4.69, 9.17) is 4.52 Å². The van der Waals surface area contributed by atoms with Gasteiger partial charge in [0.2, 0.25) is 0 Å². The summed E-state index contributed by atoms with van der Waals surface area (Å²) in [6.07, 6.45) is 1.91. The Kier molecular flexibility index (Phi) is 4.33. The van der Waals surface area contributed by atoms with Gasteiger partial charge in [-0.3, -0.25) is 4.79 Å². The van der Waals surface area contributed by atoms with Gasteiger partial charge in [0.05, 0.1) is 6.04 Å². The van der Waals surface area contributed by atoms with E-state index in [1.165, 1.54) is 5.56 Å². The summed E-state index contributed by atoms with van der Waals surface area (Å²) in [5, 5.41) is 5.42. The first-order chi connectivity index (χ1) is 12.9. The molecule has 0 spiro atoms. The van der Waals surface area contributed by atoms with Gasteiger partial charge in [-0.2, -0.15) is 0 Å². The molecular weight excluding hydrogens is 338 g/mol. The van der Waals surface area contributed by atoms with Gasteiger partial charge in [0, 0.05) is 29.4 Å². The number of carbonyl (C=O) groups excluding carboxylic acids is 1. The first kappa shape index (κ1) is 17.8. The minimum absolute atomic E-state index is 0.0123. The number of aromatic nitrogens is 2. The van der Waals surface area contributed by atoms with E-state index in [0.717, 1.165) is 52.9 Å². The molecule has 0 saturated carbocycles. The number of carbonyl (C=O) groups is 1. The summed E-state index contributed by atoms with van der Waals surface area (Å²) < 4.78 is 5.48. The van der Waals surface area contributed by atoms with Gasteiger partial charge in [0.1, 0.15) is 17.1 Å². The second-order valence-corrected chi connectivity index (χ2v) is 8.04. The number of nitrogens with one attached hydrogen (secondary N) is 1. The fourth-order valence-electron chi connectivity index (χ4n) is 4.21. The van der Waals surface area contributed by atoms with Crippen LogP contribution in [-0.2, 0) is 0 Å². The molecule has 3 aromatic rings. The van der Waals surface area contributed by atoms with Crippen LogP contribution in [0.3, 0.4) is 0 Å². The molecule has 1 atom stereocenters. The van der Waals surface area contributed by atoms with Crippen LogP contribution in [0.2, 0.25) is 0 Å². The molecule has 0 bridgehead atoms. The minimum atomic E-state index is -0.0123. The molecule has 1 aliphatic rings. The number of benzene rings is 1. The van der Waals surface area contributed by atoms with Crippen LogP contribution in [0.5, 0.6) is 0 Å². The maximum atomic E-state index is 13.4. The highest BCUT2D eigenvalue weighted by Gasteiger charge is 2.34. The minimum Gasteiger partial charge on any atom is -0.361 e. The Balaban J connectivity index is 1.71. The lowest BCUT2D eigenvalue weighted by Gasteiger charge is -2.22. The van der Waals surface area contributed by atoms with Crippen LogP contribution in [0, 0.1) is 20.8 Å². The molecule has 1 saturated heterocycles. The van der Waals surface area contributed by atoms with Crippen LogP contribution in [0.4, 0.5) is 0 Å². The molecule has 0 unspecified atom stereocenters. The normalized spacial score (nSPS) is 17.4. The standard InChI is InChI=1S/C22H27N3O2/c1-12(2)18-11-16(24-27-18)17-7-6-10-25(17)22(26)21-15(5)19-13(3)8-9-14(4)20(19)23-21/h8-9,11-12,17,23H,6-7,10H2,1-5H3/t17-/m0/s1. The van der Waals surface area contributed by atoms with Crippen molar-refractivity contribution in [3.05, 3.63) is 52.0 Å².